The van der Waals surface area contributed by atoms with Crippen LogP contribution in [0.25, 0.3) is 0 Å². The molecule has 15 heavy (non-hydrogen) atoms. The van der Waals surface area contributed by atoms with E-state index in [1.807, 2.05) is 0 Å². The predicted molar refractivity (Wildman–Crippen MR) is 68.5 cm³/mol. The van der Waals surface area contributed by atoms with E-state index in [2.05, 4.69) is 44.2 Å². The Kier molecular flexibility index (Phi) is 5.78. The van der Waals surface area contributed by atoms with E-state index < -0.39 is 0 Å². The Labute approximate surface area is 98.7 Å². The standard InChI is InChI=1S/C14H21Cl/c1-3-14(15)12(2)8-7-11-13-9-5-4-6-10-13/h4-6,9-10,12,14H,3,7-8,11H2,1-2H3. The summed E-state index contributed by atoms with van der Waals surface area (Å²) in [5, 5.41) is 0.348. The van der Waals surface area contributed by atoms with Crippen LogP contribution in [0.4, 0.5) is 0 Å². The molecule has 0 spiro atoms. The fourth-order valence-electron chi connectivity index (χ4n) is 1.86. The van der Waals surface area contributed by atoms with Crippen LogP contribution in [0.15, 0.2) is 30.3 Å². The van der Waals surface area contributed by atoms with Crippen LogP contribution in [0, 0.1) is 5.92 Å². The van der Waals surface area contributed by atoms with E-state index in [1.165, 1.54) is 24.8 Å². The van der Waals surface area contributed by atoms with Crippen LogP contribution in [0.3, 0.4) is 0 Å². The second-order valence-corrected chi connectivity index (χ2v) is 4.84. The van der Waals surface area contributed by atoms with Gasteiger partial charge in [-0.1, -0.05) is 44.2 Å². The van der Waals surface area contributed by atoms with Crippen LogP contribution in [0.1, 0.15) is 38.7 Å². The lowest BCUT2D eigenvalue weighted by Gasteiger charge is -2.15. The van der Waals surface area contributed by atoms with Crippen molar-refractivity contribution in [3.8, 4) is 0 Å². The summed E-state index contributed by atoms with van der Waals surface area (Å²) in [5.41, 5.74) is 1.44. The van der Waals surface area contributed by atoms with Crippen molar-refractivity contribution in [2.24, 2.45) is 5.92 Å². The Morgan fingerprint density at radius 1 is 1.20 bits per heavy atom. The highest BCUT2D eigenvalue weighted by atomic mass is 35.5. The second-order valence-electron chi connectivity index (χ2n) is 4.28. The second kappa shape index (κ2) is 6.90. The SMILES string of the molecule is CCC(Cl)C(C)CCCc1ccccc1. The summed E-state index contributed by atoms with van der Waals surface area (Å²) < 4.78 is 0. The maximum Gasteiger partial charge on any atom is 0.0359 e. The molecule has 0 aliphatic rings. The van der Waals surface area contributed by atoms with Crippen molar-refractivity contribution in [3.05, 3.63) is 35.9 Å². The number of hydrogen-bond acceptors (Lipinski definition) is 0. The van der Waals surface area contributed by atoms with Crippen molar-refractivity contribution in [1.29, 1.82) is 0 Å². The van der Waals surface area contributed by atoms with Gasteiger partial charge in [-0.05, 0) is 37.2 Å². The summed E-state index contributed by atoms with van der Waals surface area (Å²) in [6.45, 7) is 4.41. The van der Waals surface area contributed by atoms with Crippen LogP contribution < -0.4 is 0 Å². The Morgan fingerprint density at radius 3 is 2.47 bits per heavy atom. The highest BCUT2D eigenvalue weighted by Crippen LogP contribution is 2.20. The van der Waals surface area contributed by atoms with Gasteiger partial charge in [0.25, 0.3) is 0 Å². The Morgan fingerprint density at radius 2 is 1.87 bits per heavy atom. The molecule has 0 saturated carbocycles. The first-order chi connectivity index (χ1) is 7.24. The quantitative estimate of drug-likeness (QED) is 0.617. The summed E-state index contributed by atoms with van der Waals surface area (Å²) in [6, 6.07) is 10.7. The van der Waals surface area contributed by atoms with Crippen molar-refractivity contribution in [2.45, 2.75) is 44.9 Å². The van der Waals surface area contributed by atoms with E-state index in [9.17, 15) is 0 Å². The van der Waals surface area contributed by atoms with Gasteiger partial charge in [-0.2, -0.15) is 0 Å². The van der Waals surface area contributed by atoms with Crippen LogP contribution >= 0.6 is 11.6 Å². The molecule has 1 heteroatoms. The van der Waals surface area contributed by atoms with Gasteiger partial charge in [0, 0.05) is 5.38 Å². The van der Waals surface area contributed by atoms with Crippen LogP contribution in [0.2, 0.25) is 0 Å². The Balaban J connectivity index is 2.22. The van der Waals surface area contributed by atoms with Crippen LogP contribution in [-0.2, 0) is 6.42 Å². The number of aryl methyl sites for hydroxylation is 1. The van der Waals surface area contributed by atoms with Gasteiger partial charge in [-0.15, -0.1) is 11.6 Å². The highest BCUT2D eigenvalue weighted by molar-refractivity contribution is 6.20. The minimum atomic E-state index is 0.348. The Hall–Kier alpha value is -0.490. The van der Waals surface area contributed by atoms with Gasteiger partial charge in [-0.3, -0.25) is 0 Å². The topological polar surface area (TPSA) is 0 Å². The molecule has 0 radical (unpaired) electrons. The minimum Gasteiger partial charge on any atom is -0.123 e. The first-order valence-electron chi connectivity index (χ1n) is 5.92. The molecule has 0 heterocycles. The van der Waals surface area contributed by atoms with E-state index in [-0.39, 0.29) is 0 Å². The average molecular weight is 225 g/mol. The number of alkyl halides is 1. The zero-order chi connectivity index (χ0) is 11.1. The molecule has 0 fully saturated rings. The van der Waals surface area contributed by atoms with Crippen molar-refractivity contribution < 1.29 is 0 Å². The van der Waals surface area contributed by atoms with Crippen molar-refractivity contribution in [2.75, 3.05) is 0 Å². The maximum atomic E-state index is 6.20. The van der Waals surface area contributed by atoms with Gasteiger partial charge in [0.15, 0.2) is 0 Å². The molecule has 0 amide bonds. The fourth-order valence-corrected chi connectivity index (χ4v) is 1.98. The summed E-state index contributed by atoms with van der Waals surface area (Å²) in [5.74, 6) is 0.639. The number of rotatable bonds is 6. The predicted octanol–water partition coefficient (Wildman–Crippen LogP) is 4.66. The fraction of sp³-hybridized carbons (Fsp3) is 0.571. The molecule has 0 aliphatic carbocycles. The summed E-state index contributed by atoms with van der Waals surface area (Å²) in [4.78, 5) is 0. The lowest BCUT2D eigenvalue weighted by molar-refractivity contribution is 0.477. The van der Waals surface area contributed by atoms with Gasteiger partial charge in [0.05, 0.1) is 0 Å². The molecule has 1 rings (SSSR count). The molecule has 0 aliphatic heterocycles. The van der Waals surface area contributed by atoms with Crippen molar-refractivity contribution in [1.82, 2.24) is 0 Å². The molecule has 0 bridgehead atoms. The zero-order valence-corrected chi connectivity index (χ0v) is 10.5. The number of hydrogen-bond donors (Lipinski definition) is 0. The third-order valence-electron chi connectivity index (χ3n) is 2.98. The first-order valence-corrected chi connectivity index (χ1v) is 6.35. The van der Waals surface area contributed by atoms with Crippen molar-refractivity contribution in [3.63, 3.8) is 0 Å². The van der Waals surface area contributed by atoms with E-state index in [4.69, 9.17) is 11.6 Å². The molecule has 2 atom stereocenters. The lowest BCUT2D eigenvalue weighted by Crippen LogP contribution is -2.10. The molecule has 2 unspecified atom stereocenters. The molecule has 1 aromatic rings. The van der Waals surface area contributed by atoms with Crippen molar-refractivity contribution >= 4 is 11.6 Å². The Bertz CT molecular complexity index is 255. The molecule has 0 N–H and O–H groups in total. The van der Waals surface area contributed by atoms with E-state index >= 15 is 0 Å². The largest absolute Gasteiger partial charge is 0.123 e. The maximum absolute atomic E-state index is 6.20. The van der Waals surface area contributed by atoms with Gasteiger partial charge < -0.3 is 0 Å². The molecule has 84 valence electrons. The zero-order valence-electron chi connectivity index (χ0n) is 9.75. The molecular weight excluding hydrogens is 204 g/mol. The highest BCUT2D eigenvalue weighted by Gasteiger charge is 2.11. The smallest absolute Gasteiger partial charge is 0.0359 e. The van der Waals surface area contributed by atoms with Crippen LogP contribution in [0.5, 0.6) is 0 Å². The third kappa shape index (κ3) is 4.70. The normalized spacial score (nSPS) is 14.9. The molecule has 0 nitrogen and oxygen atoms in total. The number of benzene rings is 1. The molecule has 0 saturated heterocycles. The van der Waals surface area contributed by atoms with Crippen LogP contribution in [-0.4, -0.2) is 5.38 Å². The van der Waals surface area contributed by atoms with Gasteiger partial charge in [0.1, 0.15) is 0 Å². The van der Waals surface area contributed by atoms with E-state index in [1.54, 1.807) is 0 Å². The summed E-state index contributed by atoms with van der Waals surface area (Å²) in [6.07, 6.45) is 4.73. The average Bonchev–Trinajstić information content (AvgIpc) is 2.29. The van der Waals surface area contributed by atoms with Gasteiger partial charge in [0.2, 0.25) is 0 Å². The summed E-state index contributed by atoms with van der Waals surface area (Å²) in [7, 11) is 0. The molecular formula is C14H21Cl. The lowest BCUT2D eigenvalue weighted by atomic mass is 9.97. The monoisotopic (exact) mass is 224 g/mol. The van der Waals surface area contributed by atoms with E-state index in [0.717, 1.165) is 6.42 Å². The summed E-state index contributed by atoms with van der Waals surface area (Å²) >= 11 is 6.20. The number of halogens is 1. The third-order valence-corrected chi connectivity index (χ3v) is 3.71. The molecule has 1 aromatic carbocycles. The minimum absolute atomic E-state index is 0.348. The first kappa shape index (κ1) is 12.6. The van der Waals surface area contributed by atoms with Gasteiger partial charge >= 0.3 is 0 Å². The van der Waals surface area contributed by atoms with Gasteiger partial charge in [-0.25, -0.2) is 0 Å². The molecule has 0 aromatic heterocycles. The van der Waals surface area contributed by atoms with E-state index in [0.29, 0.717) is 11.3 Å².